The molecule has 6 heteroatoms. The monoisotopic (exact) mass is 306 g/mol. The Morgan fingerprint density at radius 2 is 0.905 bits per heavy atom. The third-order valence-corrected chi connectivity index (χ3v) is 2.30. The lowest BCUT2D eigenvalue weighted by Crippen LogP contribution is -2.14. The first-order valence-electron chi connectivity index (χ1n) is 7.49. The minimum Gasteiger partial charge on any atom is -0.379 e. The highest BCUT2D eigenvalue weighted by Crippen LogP contribution is 1.84. The number of rotatable bonds is 18. The van der Waals surface area contributed by atoms with E-state index in [0.29, 0.717) is 72.7 Å². The molecule has 0 amide bonds. The Balaban J connectivity index is 2.91. The summed E-state index contributed by atoms with van der Waals surface area (Å²) in [5.41, 5.74) is 0. The molecule has 0 aromatic rings. The van der Waals surface area contributed by atoms with Gasteiger partial charge in [-0.25, -0.2) is 0 Å². The molecule has 0 aliphatic rings. The second-order valence-corrected chi connectivity index (χ2v) is 4.01. The number of hydrogen-bond donors (Lipinski definition) is 0. The first-order valence-corrected chi connectivity index (χ1v) is 7.49. The standard InChI is InChI=1S/C15H30O6/c1-3-5-17-8-9-19-12-13-21-15-14-20-11-10-18-7-6-16-4-2/h3H,1,4-15H2,2H3. The second kappa shape index (κ2) is 19.5. The van der Waals surface area contributed by atoms with Crippen LogP contribution in [-0.4, -0.2) is 79.3 Å². The Kier molecular flexibility index (Phi) is 19.0. The van der Waals surface area contributed by atoms with Gasteiger partial charge < -0.3 is 28.4 Å². The van der Waals surface area contributed by atoms with Gasteiger partial charge in [0.15, 0.2) is 0 Å². The smallest absolute Gasteiger partial charge is 0.0704 e. The van der Waals surface area contributed by atoms with Crippen molar-refractivity contribution >= 4 is 0 Å². The van der Waals surface area contributed by atoms with Crippen molar-refractivity contribution in [2.24, 2.45) is 0 Å². The fraction of sp³-hybridized carbons (Fsp3) is 0.867. The molecule has 0 saturated heterocycles. The van der Waals surface area contributed by atoms with E-state index < -0.39 is 0 Å². The molecule has 126 valence electrons. The molecule has 0 radical (unpaired) electrons. The Hall–Kier alpha value is -0.500. The second-order valence-electron chi connectivity index (χ2n) is 4.01. The van der Waals surface area contributed by atoms with Crippen molar-refractivity contribution in [3.63, 3.8) is 0 Å². The molecule has 0 spiro atoms. The van der Waals surface area contributed by atoms with Gasteiger partial charge in [0.25, 0.3) is 0 Å². The molecule has 0 saturated carbocycles. The highest BCUT2D eigenvalue weighted by molar-refractivity contribution is 4.63. The summed E-state index contributed by atoms with van der Waals surface area (Å²) in [5.74, 6) is 0. The fourth-order valence-corrected chi connectivity index (χ4v) is 1.31. The van der Waals surface area contributed by atoms with Crippen LogP contribution in [0.3, 0.4) is 0 Å². The molecule has 0 rings (SSSR count). The Morgan fingerprint density at radius 1 is 0.571 bits per heavy atom. The lowest BCUT2D eigenvalue weighted by molar-refractivity contribution is -0.0151. The van der Waals surface area contributed by atoms with E-state index in [2.05, 4.69) is 6.58 Å². The molecular formula is C15H30O6. The van der Waals surface area contributed by atoms with E-state index in [0.717, 1.165) is 6.61 Å². The molecule has 0 aliphatic heterocycles. The molecule has 21 heavy (non-hydrogen) atoms. The number of hydrogen-bond acceptors (Lipinski definition) is 6. The minimum absolute atomic E-state index is 0.562. The van der Waals surface area contributed by atoms with E-state index in [1.807, 2.05) is 6.92 Å². The third kappa shape index (κ3) is 19.5. The van der Waals surface area contributed by atoms with Crippen LogP contribution in [-0.2, 0) is 28.4 Å². The highest BCUT2D eigenvalue weighted by Gasteiger charge is 1.93. The minimum atomic E-state index is 0.562. The average Bonchev–Trinajstić information content (AvgIpc) is 2.50. The summed E-state index contributed by atoms with van der Waals surface area (Å²) in [5, 5.41) is 0. The van der Waals surface area contributed by atoms with Crippen molar-refractivity contribution in [3.05, 3.63) is 12.7 Å². The SMILES string of the molecule is C=CCOCCOCCOCCOCCOCCOCC. The van der Waals surface area contributed by atoms with E-state index >= 15 is 0 Å². The van der Waals surface area contributed by atoms with Gasteiger partial charge in [0.05, 0.1) is 72.7 Å². The van der Waals surface area contributed by atoms with Crippen molar-refractivity contribution in [1.82, 2.24) is 0 Å². The fourth-order valence-electron chi connectivity index (χ4n) is 1.31. The van der Waals surface area contributed by atoms with E-state index in [4.69, 9.17) is 28.4 Å². The molecule has 0 atom stereocenters. The Labute approximate surface area is 128 Å². The van der Waals surface area contributed by atoms with Gasteiger partial charge in [0.1, 0.15) is 0 Å². The van der Waals surface area contributed by atoms with Crippen LogP contribution >= 0.6 is 0 Å². The Morgan fingerprint density at radius 3 is 1.24 bits per heavy atom. The van der Waals surface area contributed by atoms with Gasteiger partial charge >= 0.3 is 0 Å². The normalized spacial score (nSPS) is 10.9. The maximum absolute atomic E-state index is 5.35. The van der Waals surface area contributed by atoms with Crippen LogP contribution in [0.2, 0.25) is 0 Å². The summed E-state index contributed by atoms with van der Waals surface area (Å²) in [6.45, 7) is 12.6. The van der Waals surface area contributed by atoms with Gasteiger partial charge in [0.2, 0.25) is 0 Å². The molecule has 0 fully saturated rings. The molecule has 6 nitrogen and oxygen atoms in total. The zero-order chi connectivity index (χ0) is 15.4. The quantitative estimate of drug-likeness (QED) is 0.281. The molecule has 0 N–H and O–H groups in total. The van der Waals surface area contributed by atoms with E-state index in [9.17, 15) is 0 Å². The topological polar surface area (TPSA) is 55.4 Å². The van der Waals surface area contributed by atoms with Crippen LogP contribution in [0, 0.1) is 0 Å². The van der Waals surface area contributed by atoms with E-state index in [1.165, 1.54) is 0 Å². The molecule has 0 aliphatic carbocycles. The maximum atomic E-state index is 5.35. The third-order valence-electron chi connectivity index (χ3n) is 2.30. The van der Waals surface area contributed by atoms with Crippen LogP contribution < -0.4 is 0 Å². The summed E-state index contributed by atoms with van der Waals surface area (Å²) < 4.78 is 31.6. The van der Waals surface area contributed by atoms with E-state index in [1.54, 1.807) is 6.08 Å². The summed E-state index contributed by atoms with van der Waals surface area (Å²) in [7, 11) is 0. The van der Waals surface area contributed by atoms with Gasteiger partial charge in [-0.1, -0.05) is 6.08 Å². The van der Waals surface area contributed by atoms with Crippen molar-refractivity contribution < 1.29 is 28.4 Å². The zero-order valence-corrected chi connectivity index (χ0v) is 13.2. The lowest BCUT2D eigenvalue weighted by atomic mass is 10.6. The Bertz CT molecular complexity index is 201. The predicted octanol–water partition coefficient (Wildman–Crippen LogP) is 1.29. The maximum Gasteiger partial charge on any atom is 0.0704 e. The highest BCUT2D eigenvalue weighted by atomic mass is 16.6. The van der Waals surface area contributed by atoms with Crippen LogP contribution in [0.5, 0.6) is 0 Å². The molecular weight excluding hydrogens is 276 g/mol. The van der Waals surface area contributed by atoms with E-state index in [-0.39, 0.29) is 0 Å². The van der Waals surface area contributed by atoms with Crippen LogP contribution in [0.1, 0.15) is 6.92 Å². The van der Waals surface area contributed by atoms with Crippen molar-refractivity contribution in [2.75, 3.05) is 79.3 Å². The number of ether oxygens (including phenoxy) is 6. The van der Waals surface area contributed by atoms with Gasteiger partial charge in [-0.15, -0.1) is 6.58 Å². The largest absolute Gasteiger partial charge is 0.379 e. The van der Waals surface area contributed by atoms with Gasteiger partial charge in [0, 0.05) is 6.61 Å². The van der Waals surface area contributed by atoms with Crippen LogP contribution in [0.25, 0.3) is 0 Å². The van der Waals surface area contributed by atoms with Crippen molar-refractivity contribution in [1.29, 1.82) is 0 Å². The van der Waals surface area contributed by atoms with Crippen molar-refractivity contribution in [3.8, 4) is 0 Å². The average molecular weight is 306 g/mol. The van der Waals surface area contributed by atoms with Gasteiger partial charge in [-0.3, -0.25) is 0 Å². The van der Waals surface area contributed by atoms with Crippen molar-refractivity contribution in [2.45, 2.75) is 6.92 Å². The van der Waals surface area contributed by atoms with Crippen LogP contribution in [0.15, 0.2) is 12.7 Å². The molecule has 0 heterocycles. The van der Waals surface area contributed by atoms with Gasteiger partial charge in [-0.05, 0) is 6.92 Å². The summed E-state index contributed by atoms with van der Waals surface area (Å²) >= 11 is 0. The summed E-state index contributed by atoms with van der Waals surface area (Å²) in [4.78, 5) is 0. The lowest BCUT2D eigenvalue weighted by Gasteiger charge is -2.07. The first kappa shape index (κ1) is 20.5. The molecule has 0 aromatic heterocycles. The molecule has 0 unspecified atom stereocenters. The zero-order valence-electron chi connectivity index (χ0n) is 13.2. The van der Waals surface area contributed by atoms with Gasteiger partial charge in [-0.2, -0.15) is 0 Å². The van der Waals surface area contributed by atoms with Crippen LogP contribution in [0.4, 0.5) is 0 Å². The molecule has 0 bridgehead atoms. The summed E-state index contributed by atoms with van der Waals surface area (Å²) in [6, 6.07) is 0. The first-order chi connectivity index (χ1) is 10.4. The summed E-state index contributed by atoms with van der Waals surface area (Å²) in [6.07, 6.45) is 1.72. The predicted molar refractivity (Wildman–Crippen MR) is 80.8 cm³/mol. The molecule has 0 aromatic carbocycles.